The van der Waals surface area contributed by atoms with Crippen LogP contribution < -0.4 is 0 Å². The number of carbonyl (C=O) groups excluding carboxylic acids is 1. The maximum Gasteiger partial charge on any atom is 0.295 e. The zero-order valence-corrected chi connectivity index (χ0v) is 18.5. The summed E-state index contributed by atoms with van der Waals surface area (Å²) < 4.78 is 11.9. The highest BCUT2D eigenvalue weighted by Gasteiger charge is 2.54. The second-order valence-electron chi connectivity index (χ2n) is 9.42. The third-order valence-corrected chi connectivity index (χ3v) is 12.2. The number of hydrogen-bond acceptors (Lipinski definition) is 3. The van der Waals surface area contributed by atoms with Gasteiger partial charge in [-0.15, -0.1) is 0 Å². The fourth-order valence-electron chi connectivity index (χ4n) is 2.20. The summed E-state index contributed by atoms with van der Waals surface area (Å²) in [6, 6.07) is 0.731. The van der Waals surface area contributed by atoms with Crippen molar-refractivity contribution in [1.82, 2.24) is 0 Å². The highest BCUT2D eigenvalue weighted by molar-refractivity contribution is 6.79. The molecule has 1 atom stereocenters. The van der Waals surface area contributed by atoms with Gasteiger partial charge >= 0.3 is 0 Å². The van der Waals surface area contributed by atoms with Gasteiger partial charge in [-0.2, -0.15) is 0 Å². The van der Waals surface area contributed by atoms with Crippen molar-refractivity contribution in [2.24, 2.45) is 5.92 Å². The van der Waals surface area contributed by atoms with Crippen molar-refractivity contribution in [3.63, 3.8) is 0 Å². The smallest absolute Gasteiger partial charge is 0.295 e. The molecule has 0 spiro atoms. The Bertz CT molecular complexity index is 359. The molecule has 0 bridgehead atoms. The molecule has 0 aliphatic heterocycles. The Labute approximate surface area is 141 Å². The normalized spacial score (nSPS) is 15.6. The zero-order valence-electron chi connectivity index (χ0n) is 16.5. The highest BCUT2D eigenvalue weighted by atomic mass is 28.4. The molecule has 0 rings (SSSR count). The van der Waals surface area contributed by atoms with E-state index < -0.39 is 8.32 Å². The van der Waals surface area contributed by atoms with E-state index >= 15 is 0 Å². The molecule has 22 heavy (non-hydrogen) atoms. The minimum atomic E-state index is -2.24. The number of hydrogen-bond donors (Lipinski definition) is 0. The summed E-state index contributed by atoms with van der Waals surface area (Å²) >= 11 is 0. The topological polar surface area (TPSA) is 35.5 Å². The first kappa shape index (κ1) is 21.9. The Morgan fingerprint density at radius 2 is 1.41 bits per heavy atom. The van der Waals surface area contributed by atoms with E-state index in [0.29, 0.717) is 9.76 Å². The Balaban J connectivity index is 4.86. The quantitative estimate of drug-likeness (QED) is 0.643. The molecule has 0 aromatic carbocycles. The van der Waals surface area contributed by atoms with Crippen LogP contribution in [-0.2, 0) is 13.6 Å². The van der Waals surface area contributed by atoms with Crippen LogP contribution >= 0.6 is 0 Å². The summed E-state index contributed by atoms with van der Waals surface area (Å²) in [5.41, 5.74) is -0.151. The van der Waals surface area contributed by atoms with Crippen LogP contribution in [0.25, 0.3) is 0 Å². The standard InChI is InChI=1S/C17H36O3Si2/c1-13(12-21-20-15(2,3)4)14(18)19-22(11,16(5,6)7)17(8,9)10/h13H,12H2,1-11H3. The predicted octanol–water partition coefficient (Wildman–Crippen LogP) is 5.19. The fraction of sp³-hybridized carbons (Fsp3) is 0.941. The molecule has 0 amide bonds. The molecule has 3 nitrogen and oxygen atoms in total. The Kier molecular flexibility index (Phi) is 7.13. The summed E-state index contributed by atoms with van der Waals surface area (Å²) in [4.78, 5) is 12.6. The second-order valence-corrected chi connectivity index (χ2v) is 15.6. The maximum absolute atomic E-state index is 12.6. The summed E-state index contributed by atoms with van der Waals surface area (Å²) in [7, 11) is -1.91. The molecule has 0 aromatic heterocycles. The van der Waals surface area contributed by atoms with Crippen LogP contribution in [0.4, 0.5) is 0 Å². The van der Waals surface area contributed by atoms with Crippen molar-refractivity contribution in [1.29, 1.82) is 0 Å². The molecule has 1 unspecified atom stereocenters. The lowest BCUT2D eigenvalue weighted by Gasteiger charge is -2.47. The van der Waals surface area contributed by atoms with Crippen molar-refractivity contribution in [3.8, 4) is 0 Å². The Morgan fingerprint density at radius 3 is 1.73 bits per heavy atom. The van der Waals surface area contributed by atoms with Crippen LogP contribution in [0.1, 0.15) is 69.2 Å². The van der Waals surface area contributed by atoms with Crippen LogP contribution in [0, 0.1) is 5.92 Å². The second kappa shape index (κ2) is 7.18. The first-order valence-corrected chi connectivity index (χ1v) is 11.7. The summed E-state index contributed by atoms with van der Waals surface area (Å²) in [5.74, 6) is -0.179. The molecule has 0 aliphatic carbocycles. The molecule has 0 heterocycles. The lowest BCUT2D eigenvalue weighted by molar-refractivity contribution is -0.139. The lowest BCUT2D eigenvalue weighted by atomic mass is 10.2. The molecule has 0 saturated heterocycles. The van der Waals surface area contributed by atoms with Crippen molar-refractivity contribution in [3.05, 3.63) is 0 Å². The van der Waals surface area contributed by atoms with Crippen molar-refractivity contribution < 1.29 is 13.6 Å². The molecule has 0 fully saturated rings. The van der Waals surface area contributed by atoms with E-state index in [-0.39, 0.29) is 27.6 Å². The van der Waals surface area contributed by atoms with Crippen molar-refractivity contribution >= 4 is 24.0 Å². The van der Waals surface area contributed by atoms with Gasteiger partial charge in [-0.1, -0.05) is 48.5 Å². The van der Waals surface area contributed by atoms with Gasteiger partial charge in [0.15, 0.2) is 0 Å². The highest BCUT2D eigenvalue weighted by Crippen LogP contribution is 2.51. The average molecular weight is 345 g/mol. The average Bonchev–Trinajstić information content (AvgIpc) is 2.23. The molecular formula is C17H36O3Si2. The van der Waals surface area contributed by atoms with Crippen LogP contribution in [0.15, 0.2) is 0 Å². The van der Waals surface area contributed by atoms with Gasteiger partial charge in [0.1, 0.15) is 0 Å². The van der Waals surface area contributed by atoms with Crippen molar-refractivity contribution in [2.45, 2.75) is 97.5 Å². The molecule has 0 aliphatic rings. The van der Waals surface area contributed by atoms with E-state index in [2.05, 4.69) is 48.1 Å². The van der Waals surface area contributed by atoms with Gasteiger partial charge in [-0.05, 0) is 43.4 Å². The van der Waals surface area contributed by atoms with Gasteiger partial charge in [0.05, 0.1) is 5.92 Å². The maximum atomic E-state index is 12.6. The first-order valence-electron chi connectivity index (χ1n) is 8.15. The summed E-state index contributed by atoms with van der Waals surface area (Å²) in [5, 5.41) is 0.00957. The molecule has 5 heteroatoms. The first-order chi connectivity index (χ1) is 9.51. The van der Waals surface area contributed by atoms with Gasteiger partial charge in [-0.25, -0.2) is 0 Å². The van der Waals surface area contributed by atoms with E-state index in [1.807, 2.05) is 27.7 Å². The third kappa shape index (κ3) is 6.16. The Morgan fingerprint density at radius 1 is 1.00 bits per heavy atom. The summed E-state index contributed by atoms with van der Waals surface area (Å²) in [6.07, 6.45) is 0. The molecule has 130 valence electrons. The van der Waals surface area contributed by atoms with E-state index in [0.717, 1.165) is 6.04 Å². The lowest BCUT2D eigenvalue weighted by Crippen LogP contribution is -2.53. The van der Waals surface area contributed by atoms with Gasteiger partial charge in [0.2, 0.25) is 9.76 Å². The molecular weight excluding hydrogens is 308 g/mol. The minimum Gasteiger partial charge on any atom is -0.518 e. The van der Waals surface area contributed by atoms with Gasteiger partial charge < -0.3 is 8.85 Å². The molecule has 2 radical (unpaired) electrons. The predicted molar refractivity (Wildman–Crippen MR) is 97.7 cm³/mol. The van der Waals surface area contributed by atoms with E-state index in [1.54, 1.807) is 0 Å². The van der Waals surface area contributed by atoms with Crippen LogP contribution in [0.3, 0.4) is 0 Å². The monoisotopic (exact) mass is 344 g/mol. The van der Waals surface area contributed by atoms with Gasteiger partial charge in [0, 0.05) is 5.60 Å². The van der Waals surface area contributed by atoms with Crippen LogP contribution in [0.2, 0.25) is 22.7 Å². The van der Waals surface area contributed by atoms with Crippen LogP contribution in [-0.4, -0.2) is 29.7 Å². The van der Waals surface area contributed by atoms with E-state index in [4.69, 9.17) is 8.85 Å². The third-order valence-electron chi connectivity index (χ3n) is 4.34. The van der Waals surface area contributed by atoms with Gasteiger partial charge in [-0.3, -0.25) is 4.79 Å². The van der Waals surface area contributed by atoms with Crippen molar-refractivity contribution in [2.75, 3.05) is 0 Å². The van der Waals surface area contributed by atoms with Gasteiger partial charge in [0.25, 0.3) is 14.3 Å². The largest absolute Gasteiger partial charge is 0.518 e. The zero-order chi connectivity index (χ0) is 18.0. The number of rotatable bonds is 5. The molecule has 0 aromatic rings. The van der Waals surface area contributed by atoms with Crippen LogP contribution in [0.5, 0.6) is 0 Å². The number of carbonyl (C=O) groups is 1. The van der Waals surface area contributed by atoms with E-state index in [9.17, 15) is 4.79 Å². The molecule has 0 saturated carbocycles. The fourth-order valence-corrected chi connectivity index (χ4v) is 6.60. The minimum absolute atomic E-state index is 0.00479. The SMILES string of the molecule is CC(C[Si]OC(C)(C)C)C(=O)O[Si](C)(C(C)(C)C)C(C)(C)C. The molecule has 0 N–H and O–H groups in total. The summed E-state index contributed by atoms with van der Waals surface area (Å²) in [6.45, 7) is 23.4. The van der Waals surface area contributed by atoms with E-state index in [1.165, 1.54) is 0 Å². The Hall–Kier alpha value is -0.136.